The number of hydrogen-bond acceptors (Lipinski definition) is 4. The molecule has 1 aliphatic rings. The van der Waals surface area contributed by atoms with E-state index in [-0.39, 0.29) is 0 Å². The van der Waals surface area contributed by atoms with Gasteiger partial charge in [-0.05, 0) is 51.3 Å². The van der Waals surface area contributed by atoms with E-state index in [4.69, 9.17) is 16.3 Å². The summed E-state index contributed by atoms with van der Waals surface area (Å²) in [6, 6.07) is 6.52. The summed E-state index contributed by atoms with van der Waals surface area (Å²) in [6.07, 6.45) is 3.16. The zero-order valence-electron chi connectivity index (χ0n) is 15.4. The molecule has 0 spiro atoms. The molecule has 0 saturated heterocycles. The van der Waals surface area contributed by atoms with E-state index in [9.17, 15) is 14.4 Å². The fourth-order valence-corrected chi connectivity index (χ4v) is 3.29. The quantitative estimate of drug-likeness (QED) is 0.785. The van der Waals surface area contributed by atoms with Crippen LogP contribution in [0.1, 0.15) is 52.0 Å². The highest BCUT2D eigenvalue weighted by molar-refractivity contribution is 6.30. The lowest BCUT2D eigenvalue weighted by Gasteiger charge is -2.27. The lowest BCUT2D eigenvalue weighted by atomic mass is 9.79. The van der Waals surface area contributed by atoms with Gasteiger partial charge in [0.05, 0.1) is 5.41 Å². The summed E-state index contributed by atoms with van der Waals surface area (Å²) in [5, 5.41) is 5.36. The van der Waals surface area contributed by atoms with Gasteiger partial charge in [-0.2, -0.15) is 0 Å². The zero-order chi connectivity index (χ0) is 19.4. The van der Waals surface area contributed by atoms with E-state index in [0.717, 1.165) is 18.4 Å². The molecule has 7 heteroatoms. The molecule has 6 nitrogen and oxygen atoms in total. The highest BCUT2D eigenvalue weighted by Gasteiger charge is 2.44. The summed E-state index contributed by atoms with van der Waals surface area (Å²) < 4.78 is 5.24. The summed E-state index contributed by atoms with van der Waals surface area (Å²) in [6.45, 7) is 4.90. The number of nitrogens with one attached hydrogen (secondary N) is 2. The molecule has 1 aromatic rings. The molecular weight excluding hydrogens is 356 g/mol. The second-order valence-corrected chi connectivity index (χ2v) is 8.06. The Hall–Kier alpha value is -2.08. The predicted molar refractivity (Wildman–Crippen MR) is 99.0 cm³/mol. The van der Waals surface area contributed by atoms with Gasteiger partial charge in [0.15, 0.2) is 6.61 Å². The van der Waals surface area contributed by atoms with Crippen molar-refractivity contribution in [1.82, 2.24) is 10.6 Å². The largest absolute Gasteiger partial charge is 0.455 e. The molecule has 0 bridgehead atoms. The van der Waals surface area contributed by atoms with Crippen LogP contribution in [0.5, 0.6) is 0 Å². The van der Waals surface area contributed by atoms with E-state index in [1.807, 2.05) is 12.1 Å². The van der Waals surface area contributed by atoms with E-state index in [1.165, 1.54) is 0 Å². The van der Waals surface area contributed by atoms with Crippen LogP contribution in [0.4, 0.5) is 4.79 Å². The average Bonchev–Trinajstić information content (AvgIpc) is 3.02. The first-order valence-electron chi connectivity index (χ1n) is 8.68. The monoisotopic (exact) mass is 380 g/mol. The van der Waals surface area contributed by atoms with Crippen LogP contribution >= 0.6 is 11.6 Å². The maximum atomic E-state index is 12.7. The number of esters is 1. The molecule has 142 valence electrons. The summed E-state index contributed by atoms with van der Waals surface area (Å²) in [5.41, 5.74) is -0.377. The molecule has 1 fully saturated rings. The number of carbonyl (C=O) groups excluding carboxylic acids is 3. The Kier molecular flexibility index (Phi) is 6.29. The third kappa shape index (κ3) is 5.21. The third-order valence-corrected chi connectivity index (χ3v) is 4.57. The molecule has 3 amide bonds. The fourth-order valence-electron chi connectivity index (χ4n) is 3.16. The maximum absolute atomic E-state index is 12.7. The van der Waals surface area contributed by atoms with Gasteiger partial charge in [0.1, 0.15) is 0 Å². The molecule has 1 saturated carbocycles. The van der Waals surface area contributed by atoms with Crippen molar-refractivity contribution in [3.8, 4) is 0 Å². The topological polar surface area (TPSA) is 84.5 Å². The SMILES string of the molecule is CC(C)(C)NC(=O)NC(=O)COC(=O)C1(c2ccc(Cl)cc2)CCCC1. The molecule has 0 unspecified atom stereocenters. The Morgan fingerprint density at radius 1 is 1.12 bits per heavy atom. The average molecular weight is 381 g/mol. The molecule has 26 heavy (non-hydrogen) atoms. The van der Waals surface area contributed by atoms with E-state index in [0.29, 0.717) is 17.9 Å². The van der Waals surface area contributed by atoms with Crippen molar-refractivity contribution in [2.24, 2.45) is 0 Å². The van der Waals surface area contributed by atoms with Crippen LogP contribution in [0.2, 0.25) is 5.02 Å². The molecule has 0 aromatic heterocycles. The van der Waals surface area contributed by atoms with E-state index in [1.54, 1.807) is 32.9 Å². The van der Waals surface area contributed by atoms with Gasteiger partial charge in [-0.1, -0.05) is 36.6 Å². The lowest BCUT2D eigenvalue weighted by Crippen LogP contribution is -2.49. The Morgan fingerprint density at radius 2 is 1.69 bits per heavy atom. The molecule has 0 atom stereocenters. The van der Waals surface area contributed by atoms with Gasteiger partial charge >= 0.3 is 12.0 Å². The zero-order valence-corrected chi connectivity index (χ0v) is 16.1. The van der Waals surface area contributed by atoms with Crippen LogP contribution in [0.15, 0.2) is 24.3 Å². The van der Waals surface area contributed by atoms with Crippen molar-refractivity contribution < 1.29 is 19.1 Å². The summed E-state index contributed by atoms with van der Waals surface area (Å²) in [7, 11) is 0. The second kappa shape index (κ2) is 8.08. The van der Waals surface area contributed by atoms with Crippen LogP contribution in [0.3, 0.4) is 0 Å². The van der Waals surface area contributed by atoms with Crippen molar-refractivity contribution in [1.29, 1.82) is 0 Å². The first-order chi connectivity index (χ1) is 12.1. The van der Waals surface area contributed by atoms with Crippen LogP contribution in [-0.2, 0) is 19.7 Å². The molecule has 1 aliphatic carbocycles. The van der Waals surface area contributed by atoms with Gasteiger partial charge in [-0.25, -0.2) is 4.79 Å². The predicted octanol–water partition coefficient (Wildman–Crippen LogP) is 3.32. The smallest absolute Gasteiger partial charge is 0.321 e. The Morgan fingerprint density at radius 3 is 2.23 bits per heavy atom. The van der Waals surface area contributed by atoms with Gasteiger partial charge in [0.25, 0.3) is 5.91 Å². The number of benzene rings is 1. The molecule has 2 N–H and O–H groups in total. The van der Waals surface area contributed by atoms with Crippen LogP contribution < -0.4 is 10.6 Å². The van der Waals surface area contributed by atoms with Crippen molar-refractivity contribution >= 4 is 29.5 Å². The number of halogens is 1. The fraction of sp³-hybridized carbons (Fsp3) is 0.526. The number of amides is 3. The van der Waals surface area contributed by atoms with E-state index < -0.39 is 35.5 Å². The van der Waals surface area contributed by atoms with Crippen LogP contribution in [0, 0.1) is 0 Å². The highest BCUT2D eigenvalue weighted by atomic mass is 35.5. The third-order valence-electron chi connectivity index (χ3n) is 4.32. The van der Waals surface area contributed by atoms with E-state index in [2.05, 4.69) is 10.6 Å². The van der Waals surface area contributed by atoms with Crippen LogP contribution in [0.25, 0.3) is 0 Å². The minimum absolute atomic E-state index is 0.441. The number of rotatable bonds is 4. The van der Waals surface area contributed by atoms with Gasteiger partial charge in [0, 0.05) is 10.6 Å². The second-order valence-electron chi connectivity index (χ2n) is 7.62. The van der Waals surface area contributed by atoms with Crippen molar-refractivity contribution in [3.05, 3.63) is 34.9 Å². The highest BCUT2D eigenvalue weighted by Crippen LogP contribution is 2.42. The summed E-state index contributed by atoms with van der Waals surface area (Å²) in [4.78, 5) is 36.3. The minimum atomic E-state index is -0.751. The molecule has 2 rings (SSSR count). The summed E-state index contributed by atoms with van der Waals surface area (Å²) >= 11 is 5.93. The number of ether oxygens (including phenoxy) is 1. The maximum Gasteiger partial charge on any atom is 0.321 e. The lowest BCUT2D eigenvalue weighted by molar-refractivity contribution is -0.154. The number of urea groups is 1. The van der Waals surface area contributed by atoms with Gasteiger partial charge < -0.3 is 10.1 Å². The van der Waals surface area contributed by atoms with Crippen LogP contribution in [-0.4, -0.2) is 30.1 Å². The standard InChI is InChI=1S/C19H25ClN2O4/c1-18(2,3)22-17(25)21-15(23)12-26-16(24)19(10-4-5-11-19)13-6-8-14(20)9-7-13/h6-9H,4-5,10-12H2,1-3H3,(H2,21,22,23,25). The van der Waals surface area contributed by atoms with Gasteiger partial charge in [-0.15, -0.1) is 0 Å². The Bertz CT molecular complexity index is 674. The molecule has 0 radical (unpaired) electrons. The minimum Gasteiger partial charge on any atom is -0.455 e. The van der Waals surface area contributed by atoms with E-state index >= 15 is 0 Å². The number of hydrogen-bond donors (Lipinski definition) is 2. The number of imide groups is 1. The normalized spacial score (nSPS) is 16.0. The summed E-state index contributed by atoms with van der Waals surface area (Å²) in [5.74, 6) is -1.10. The van der Waals surface area contributed by atoms with Gasteiger partial charge in [0.2, 0.25) is 0 Å². The Balaban J connectivity index is 1.97. The first kappa shape index (κ1) is 20.2. The van der Waals surface area contributed by atoms with Crippen molar-refractivity contribution in [2.75, 3.05) is 6.61 Å². The molecule has 1 aromatic carbocycles. The Labute approximate surface area is 158 Å². The molecule has 0 aliphatic heterocycles. The molecular formula is C19H25ClN2O4. The van der Waals surface area contributed by atoms with Crippen molar-refractivity contribution in [2.45, 2.75) is 57.4 Å². The molecule has 0 heterocycles. The van der Waals surface area contributed by atoms with Crippen molar-refractivity contribution in [3.63, 3.8) is 0 Å². The van der Waals surface area contributed by atoms with Gasteiger partial charge in [-0.3, -0.25) is 14.9 Å². The first-order valence-corrected chi connectivity index (χ1v) is 9.05. The number of carbonyl (C=O) groups is 3.